The van der Waals surface area contributed by atoms with Crippen molar-refractivity contribution < 1.29 is 4.39 Å². The molecule has 0 spiro atoms. The molecule has 1 aliphatic rings. The van der Waals surface area contributed by atoms with Crippen LogP contribution in [0.25, 0.3) is 0 Å². The van der Waals surface area contributed by atoms with Gasteiger partial charge in [0.05, 0.1) is 11.7 Å². The summed E-state index contributed by atoms with van der Waals surface area (Å²) in [4.78, 5) is 2.85. The van der Waals surface area contributed by atoms with Crippen LogP contribution in [0, 0.1) is 12.7 Å². The van der Waals surface area contributed by atoms with Gasteiger partial charge in [-0.3, -0.25) is 0 Å². The molecular weight excluding hydrogens is 269 g/mol. The topological polar surface area (TPSA) is 12.0 Å². The predicted octanol–water partition coefficient (Wildman–Crippen LogP) is 5.25. The zero-order valence-electron chi connectivity index (χ0n) is 12.0. The van der Waals surface area contributed by atoms with Gasteiger partial charge in [0, 0.05) is 9.75 Å². The Hall–Kier alpha value is -1.35. The van der Waals surface area contributed by atoms with Gasteiger partial charge >= 0.3 is 0 Å². The van der Waals surface area contributed by atoms with E-state index in [1.54, 1.807) is 6.07 Å². The summed E-state index contributed by atoms with van der Waals surface area (Å²) >= 11 is 1.89. The molecule has 1 atom stereocenters. The van der Waals surface area contributed by atoms with Crippen LogP contribution >= 0.6 is 11.3 Å². The number of rotatable bonds is 3. The number of halogens is 1. The Morgan fingerprint density at radius 2 is 2.00 bits per heavy atom. The smallest absolute Gasteiger partial charge is 0.146 e. The van der Waals surface area contributed by atoms with E-state index in [9.17, 15) is 4.39 Å². The quantitative estimate of drug-likeness (QED) is 0.814. The van der Waals surface area contributed by atoms with Crippen LogP contribution < -0.4 is 5.32 Å². The minimum absolute atomic E-state index is 0.155. The fourth-order valence-electron chi connectivity index (χ4n) is 2.77. The van der Waals surface area contributed by atoms with Crippen LogP contribution in [0.3, 0.4) is 0 Å². The average Bonchev–Trinajstić information content (AvgIpc) is 2.86. The first-order valence-corrected chi connectivity index (χ1v) is 8.09. The summed E-state index contributed by atoms with van der Waals surface area (Å²) in [6.07, 6.45) is 5.03. The van der Waals surface area contributed by atoms with Gasteiger partial charge in [-0.2, -0.15) is 0 Å². The van der Waals surface area contributed by atoms with Crippen LogP contribution in [0.5, 0.6) is 0 Å². The number of benzene rings is 1. The summed E-state index contributed by atoms with van der Waals surface area (Å²) in [5.41, 5.74) is 3.05. The van der Waals surface area contributed by atoms with Gasteiger partial charge in [-0.1, -0.05) is 6.07 Å². The van der Waals surface area contributed by atoms with Crippen LogP contribution in [-0.2, 0) is 12.8 Å². The van der Waals surface area contributed by atoms with Crippen molar-refractivity contribution in [2.75, 3.05) is 5.32 Å². The first-order chi connectivity index (χ1) is 9.63. The fourth-order valence-corrected chi connectivity index (χ4v) is 4.03. The lowest BCUT2D eigenvalue weighted by atomic mass is 9.99. The minimum Gasteiger partial charge on any atom is -0.375 e. The lowest BCUT2D eigenvalue weighted by Crippen LogP contribution is -2.06. The molecule has 0 fully saturated rings. The highest BCUT2D eigenvalue weighted by molar-refractivity contribution is 7.12. The van der Waals surface area contributed by atoms with Gasteiger partial charge < -0.3 is 5.32 Å². The van der Waals surface area contributed by atoms with E-state index in [1.165, 1.54) is 41.0 Å². The molecule has 0 radical (unpaired) electrons. The molecule has 1 aromatic heterocycles. The van der Waals surface area contributed by atoms with E-state index in [0.717, 1.165) is 5.56 Å². The second-order valence-corrected chi connectivity index (χ2v) is 6.82. The second kappa shape index (κ2) is 5.57. The summed E-state index contributed by atoms with van der Waals surface area (Å²) < 4.78 is 13.9. The third kappa shape index (κ3) is 2.73. The highest BCUT2D eigenvalue weighted by Crippen LogP contribution is 2.34. The molecule has 1 N–H and O–H groups in total. The summed E-state index contributed by atoms with van der Waals surface area (Å²) in [5.74, 6) is -0.168. The summed E-state index contributed by atoms with van der Waals surface area (Å²) in [7, 11) is 0. The SMILES string of the molecule is Cc1ccc(NC(C)c2cc3c(s2)CCCC3)c(F)c1. The third-order valence-electron chi connectivity index (χ3n) is 3.94. The van der Waals surface area contributed by atoms with Gasteiger partial charge in [0.25, 0.3) is 0 Å². The molecule has 3 rings (SSSR count). The molecule has 0 bridgehead atoms. The van der Waals surface area contributed by atoms with Crippen molar-refractivity contribution in [3.05, 3.63) is 51.0 Å². The molecule has 3 heteroatoms. The summed E-state index contributed by atoms with van der Waals surface area (Å²) in [6.45, 7) is 4.01. The standard InChI is InChI=1S/C17H20FNS/c1-11-7-8-15(14(18)9-11)19-12(2)17-10-13-5-3-4-6-16(13)20-17/h7-10,12,19H,3-6H2,1-2H3. The molecule has 0 aliphatic heterocycles. The maximum atomic E-state index is 13.9. The van der Waals surface area contributed by atoms with Crippen LogP contribution in [-0.4, -0.2) is 0 Å². The molecule has 1 aliphatic carbocycles. The van der Waals surface area contributed by atoms with Crippen molar-refractivity contribution >= 4 is 17.0 Å². The van der Waals surface area contributed by atoms with Gasteiger partial charge in [-0.05, 0) is 68.9 Å². The third-order valence-corrected chi connectivity index (χ3v) is 5.36. The van der Waals surface area contributed by atoms with Gasteiger partial charge in [0.15, 0.2) is 0 Å². The summed E-state index contributed by atoms with van der Waals surface area (Å²) in [6, 6.07) is 7.81. The van der Waals surface area contributed by atoms with E-state index in [0.29, 0.717) is 5.69 Å². The molecule has 20 heavy (non-hydrogen) atoms. The molecule has 106 valence electrons. The number of anilines is 1. The van der Waals surface area contributed by atoms with Gasteiger partial charge in [-0.25, -0.2) is 4.39 Å². The molecule has 1 unspecified atom stereocenters. The van der Waals surface area contributed by atoms with Crippen LogP contribution in [0.4, 0.5) is 10.1 Å². The Balaban J connectivity index is 1.78. The molecule has 0 saturated heterocycles. The van der Waals surface area contributed by atoms with Crippen molar-refractivity contribution in [3.8, 4) is 0 Å². The Morgan fingerprint density at radius 1 is 1.20 bits per heavy atom. The molecule has 1 heterocycles. The first-order valence-electron chi connectivity index (χ1n) is 7.27. The Labute approximate surface area is 123 Å². The first kappa shape index (κ1) is 13.6. The van der Waals surface area contributed by atoms with Crippen LogP contribution in [0.2, 0.25) is 0 Å². The summed E-state index contributed by atoms with van der Waals surface area (Å²) in [5, 5.41) is 3.30. The monoisotopic (exact) mass is 289 g/mol. The maximum absolute atomic E-state index is 13.9. The van der Waals surface area contributed by atoms with Crippen molar-refractivity contribution in [1.82, 2.24) is 0 Å². The van der Waals surface area contributed by atoms with Crippen molar-refractivity contribution in [2.24, 2.45) is 0 Å². The van der Waals surface area contributed by atoms with Gasteiger partial charge in [-0.15, -0.1) is 11.3 Å². The van der Waals surface area contributed by atoms with Crippen molar-refractivity contribution in [2.45, 2.75) is 45.6 Å². The largest absolute Gasteiger partial charge is 0.375 e. The normalized spacial score (nSPS) is 15.8. The predicted molar refractivity (Wildman–Crippen MR) is 84.1 cm³/mol. The molecule has 2 aromatic rings. The molecule has 1 aromatic carbocycles. The maximum Gasteiger partial charge on any atom is 0.146 e. The molecular formula is C17H20FNS. The second-order valence-electron chi connectivity index (χ2n) is 5.65. The molecule has 1 nitrogen and oxygen atoms in total. The Kier molecular flexibility index (Phi) is 3.79. The highest BCUT2D eigenvalue weighted by Gasteiger charge is 2.17. The van der Waals surface area contributed by atoms with Crippen LogP contribution in [0.15, 0.2) is 24.3 Å². The van der Waals surface area contributed by atoms with Crippen molar-refractivity contribution in [1.29, 1.82) is 0 Å². The van der Waals surface area contributed by atoms with Gasteiger partial charge in [0.1, 0.15) is 5.82 Å². The molecule has 0 amide bonds. The van der Waals surface area contributed by atoms with E-state index in [-0.39, 0.29) is 11.9 Å². The van der Waals surface area contributed by atoms with Crippen LogP contribution in [0.1, 0.15) is 46.7 Å². The molecule has 0 saturated carbocycles. The van der Waals surface area contributed by atoms with E-state index in [1.807, 2.05) is 30.4 Å². The number of fused-ring (bicyclic) bond motifs is 1. The van der Waals surface area contributed by atoms with Crippen molar-refractivity contribution in [3.63, 3.8) is 0 Å². The highest BCUT2D eigenvalue weighted by atomic mass is 32.1. The van der Waals surface area contributed by atoms with E-state index in [2.05, 4.69) is 18.3 Å². The number of aryl methyl sites for hydroxylation is 3. The zero-order valence-corrected chi connectivity index (χ0v) is 12.8. The average molecular weight is 289 g/mol. The minimum atomic E-state index is -0.168. The number of hydrogen-bond donors (Lipinski definition) is 1. The lowest BCUT2D eigenvalue weighted by molar-refractivity contribution is 0.626. The fraction of sp³-hybridized carbons (Fsp3) is 0.412. The lowest BCUT2D eigenvalue weighted by Gasteiger charge is -2.14. The van der Waals surface area contributed by atoms with Gasteiger partial charge in [0.2, 0.25) is 0 Å². The van der Waals surface area contributed by atoms with E-state index < -0.39 is 0 Å². The Bertz CT molecular complexity index is 594. The number of hydrogen-bond acceptors (Lipinski definition) is 2. The number of thiophene rings is 1. The Morgan fingerprint density at radius 3 is 2.75 bits per heavy atom. The van der Waals surface area contributed by atoms with E-state index >= 15 is 0 Å². The zero-order chi connectivity index (χ0) is 14.1. The van der Waals surface area contributed by atoms with E-state index in [4.69, 9.17) is 0 Å². The number of nitrogens with one attached hydrogen (secondary N) is 1.